The second-order valence-corrected chi connectivity index (χ2v) is 4.51. The van der Waals surface area contributed by atoms with Crippen molar-refractivity contribution in [3.63, 3.8) is 0 Å². The fourth-order valence-electron chi connectivity index (χ4n) is 2.40. The first-order valence-corrected chi connectivity index (χ1v) is 5.44. The molecule has 3 rings (SSSR count). The number of ether oxygens (including phenoxy) is 1. The van der Waals surface area contributed by atoms with Gasteiger partial charge in [0.25, 0.3) is 0 Å². The van der Waals surface area contributed by atoms with Crippen LogP contribution in [0.15, 0.2) is 6.07 Å². The smallest absolute Gasteiger partial charge is 0.314 e. The Labute approximate surface area is 96.0 Å². The highest BCUT2D eigenvalue weighted by Crippen LogP contribution is 2.51. The van der Waals surface area contributed by atoms with E-state index in [0.29, 0.717) is 18.6 Å². The van der Waals surface area contributed by atoms with E-state index in [1.54, 1.807) is 0 Å². The van der Waals surface area contributed by atoms with Crippen molar-refractivity contribution in [2.45, 2.75) is 24.7 Å². The number of carboxylic acid groups (broad SMARTS) is 1. The number of fused-ring (bicyclic) bond motifs is 1. The molecule has 90 valence electrons. The standard InChI is InChI=1S/C12H10F2O3/c13-7-5-8-6(1-4-17-8)10(14)9(7)12(2-3-12)11(15)16/h5H,1-4H2,(H,15,16). The molecule has 1 aliphatic heterocycles. The highest BCUT2D eigenvalue weighted by molar-refractivity contribution is 5.85. The van der Waals surface area contributed by atoms with Gasteiger partial charge in [0.05, 0.1) is 12.0 Å². The summed E-state index contributed by atoms with van der Waals surface area (Å²) in [6.07, 6.45) is 0.940. The molecule has 0 atom stereocenters. The van der Waals surface area contributed by atoms with E-state index in [2.05, 4.69) is 0 Å². The minimum atomic E-state index is -1.36. The highest BCUT2D eigenvalue weighted by Gasteiger charge is 2.55. The number of carbonyl (C=O) groups is 1. The van der Waals surface area contributed by atoms with Crippen molar-refractivity contribution in [1.29, 1.82) is 0 Å². The number of aliphatic carboxylic acids is 1. The van der Waals surface area contributed by atoms with E-state index >= 15 is 0 Å². The molecular weight excluding hydrogens is 230 g/mol. The van der Waals surface area contributed by atoms with Crippen LogP contribution in [0.4, 0.5) is 8.78 Å². The van der Waals surface area contributed by atoms with E-state index in [1.165, 1.54) is 0 Å². The molecule has 0 spiro atoms. The van der Waals surface area contributed by atoms with Gasteiger partial charge in [-0.1, -0.05) is 0 Å². The Bertz CT molecular complexity index is 521. The molecule has 0 aromatic heterocycles. The summed E-state index contributed by atoms with van der Waals surface area (Å²) in [5.74, 6) is -2.51. The molecule has 17 heavy (non-hydrogen) atoms. The van der Waals surface area contributed by atoms with Crippen molar-refractivity contribution in [2.75, 3.05) is 6.61 Å². The van der Waals surface area contributed by atoms with E-state index in [1.807, 2.05) is 0 Å². The summed E-state index contributed by atoms with van der Waals surface area (Å²) in [7, 11) is 0. The minimum Gasteiger partial charge on any atom is -0.493 e. The van der Waals surface area contributed by atoms with Crippen LogP contribution in [0.5, 0.6) is 5.75 Å². The van der Waals surface area contributed by atoms with Gasteiger partial charge in [-0.2, -0.15) is 0 Å². The Morgan fingerprint density at radius 2 is 2.12 bits per heavy atom. The molecule has 1 aliphatic carbocycles. The first-order valence-electron chi connectivity index (χ1n) is 5.44. The van der Waals surface area contributed by atoms with Gasteiger partial charge in [0.15, 0.2) is 0 Å². The van der Waals surface area contributed by atoms with Crippen LogP contribution in [0.1, 0.15) is 24.0 Å². The SMILES string of the molecule is O=C(O)C1(c2c(F)cc3c(c2F)CCO3)CC1. The Kier molecular flexibility index (Phi) is 1.97. The zero-order valence-corrected chi connectivity index (χ0v) is 8.93. The van der Waals surface area contributed by atoms with Crippen LogP contribution in [0, 0.1) is 11.6 Å². The van der Waals surface area contributed by atoms with Gasteiger partial charge in [-0.05, 0) is 12.8 Å². The van der Waals surface area contributed by atoms with E-state index < -0.39 is 23.0 Å². The van der Waals surface area contributed by atoms with Gasteiger partial charge >= 0.3 is 5.97 Å². The molecule has 1 aromatic carbocycles. The number of carboxylic acids is 1. The summed E-state index contributed by atoms with van der Waals surface area (Å²) in [4.78, 5) is 11.1. The van der Waals surface area contributed by atoms with Crippen LogP contribution < -0.4 is 4.74 Å². The summed E-state index contributed by atoms with van der Waals surface area (Å²) in [5, 5.41) is 9.09. The molecule has 1 saturated carbocycles. The second-order valence-electron chi connectivity index (χ2n) is 4.51. The number of rotatable bonds is 2. The van der Waals surface area contributed by atoms with Crippen LogP contribution in [0.2, 0.25) is 0 Å². The number of benzene rings is 1. The molecule has 1 N–H and O–H groups in total. The molecule has 3 nitrogen and oxygen atoms in total. The van der Waals surface area contributed by atoms with Gasteiger partial charge in [-0.25, -0.2) is 8.78 Å². The average molecular weight is 240 g/mol. The predicted octanol–water partition coefficient (Wildman–Crippen LogP) is 2.02. The third-order valence-electron chi connectivity index (χ3n) is 3.53. The van der Waals surface area contributed by atoms with Gasteiger partial charge in [0.1, 0.15) is 17.4 Å². The Morgan fingerprint density at radius 3 is 2.71 bits per heavy atom. The average Bonchev–Trinajstić information content (AvgIpc) is 2.91. The first-order chi connectivity index (χ1) is 8.06. The molecule has 1 aromatic rings. The maximum absolute atomic E-state index is 14.1. The van der Waals surface area contributed by atoms with Crippen LogP contribution >= 0.6 is 0 Å². The van der Waals surface area contributed by atoms with Gasteiger partial charge in [-0.15, -0.1) is 0 Å². The van der Waals surface area contributed by atoms with Gasteiger partial charge in [0.2, 0.25) is 0 Å². The zero-order valence-electron chi connectivity index (χ0n) is 8.93. The monoisotopic (exact) mass is 240 g/mol. The number of hydrogen-bond donors (Lipinski definition) is 1. The van der Waals surface area contributed by atoms with Crippen molar-refractivity contribution in [2.24, 2.45) is 0 Å². The van der Waals surface area contributed by atoms with Crippen molar-refractivity contribution in [3.05, 3.63) is 28.8 Å². The Hall–Kier alpha value is -1.65. The Balaban J connectivity index is 2.21. The molecule has 2 aliphatic rings. The summed E-state index contributed by atoms with van der Waals surface area (Å²) >= 11 is 0. The summed E-state index contributed by atoms with van der Waals surface area (Å²) in [6.45, 7) is 0.315. The van der Waals surface area contributed by atoms with Gasteiger partial charge in [0, 0.05) is 23.6 Å². The van der Waals surface area contributed by atoms with E-state index in [9.17, 15) is 13.6 Å². The molecule has 0 amide bonds. The minimum absolute atomic E-state index is 0.199. The molecule has 0 unspecified atom stereocenters. The molecule has 5 heteroatoms. The lowest BCUT2D eigenvalue weighted by Gasteiger charge is -2.14. The third kappa shape index (κ3) is 1.28. The lowest BCUT2D eigenvalue weighted by molar-refractivity contribution is -0.140. The van der Waals surface area contributed by atoms with Crippen LogP contribution in [0.3, 0.4) is 0 Å². The largest absolute Gasteiger partial charge is 0.493 e. The van der Waals surface area contributed by atoms with Crippen LogP contribution in [0.25, 0.3) is 0 Å². The summed E-state index contributed by atoms with van der Waals surface area (Å²) < 4.78 is 33.0. The lowest BCUT2D eigenvalue weighted by Crippen LogP contribution is -2.23. The fraction of sp³-hybridized carbons (Fsp3) is 0.417. The number of hydrogen-bond acceptors (Lipinski definition) is 2. The predicted molar refractivity (Wildman–Crippen MR) is 54.1 cm³/mol. The molecule has 1 heterocycles. The molecule has 0 radical (unpaired) electrons. The van der Waals surface area contributed by atoms with E-state index in [-0.39, 0.29) is 24.2 Å². The van der Waals surface area contributed by atoms with Crippen molar-refractivity contribution < 1.29 is 23.4 Å². The topological polar surface area (TPSA) is 46.5 Å². The molecule has 0 saturated heterocycles. The molecule has 0 bridgehead atoms. The van der Waals surface area contributed by atoms with Crippen LogP contribution in [-0.2, 0) is 16.6 Å². The Morgan fingerprint density at radius 1 is 1.41 bits per heavy atom. The van der Waals surface area contributed by atoms with Crippen LogP contribution in [-0.4, -0.2) is 17.7 Å². The normalized spacial score (nSPS) is 19.6. The maximum Gasteiger partial charge on any atom is 0.314 e. The van der Waals surface area contributed by atoms with Gasteiger partial charge in [-0.3, -0.25) is 4.79 Å². The van der Waals surface area contributed by atoms with E-state index in [0.717, 1.165) is 6.07 Å². The quantitative estimate of drug-likeness (QED) is 0.860. The van der Waals surface area contributed by atoms with Gasteiger partial charge < -0.3 is 9.84 Å². The molecular formula is C12H10F2O3. The van der Waals surface area contributed by atoms with Crippen molar-refractivity contribution >= 4 is 5.97 Å². The number of halogens is 2. The fourth-order valence-corrected chi connectivity index (χ4v) is 2.40. The van der Waals surface area contributed by atoms with Crippen molar-refractivity contribution in [1.82, 2.24) is 0 Å². The summed E-state index contributed by atoms with van der Waals surface area (Å²) in [6, 6.07) is 1.10. The molecule has 1 fully saturated rings. The maximum atomic E-state index is 14.1. The van der Waals surface area contributed by atoms with E-state index in [4.69, 9.17) is 9.84 Å². The lowest BCUT2D eigenvalue weighted by atomic mass is 9.92. The first kappa shape index (κ1) is 10.5. The highest BCUT2D eigenvalue weighted by atomic mass is 19.1. The van der Waals surface area contributed by atoms with Crippen molar-refractivity contribution in [3.8, 4) is 5.75 Å². The summed E-state index contributed by atoms with van der Waals surface area (Å²) in [5.41, 5.74) is -1.35. The zero-order chi connectivity index (χ0) is 12.2. The third-order valence-corrected chi connectivity index (χ3v) is 3.53. The second kappa shape index (κ2) is 3.18.